The van der Waals surface area contributed by atoms with Gasteiger partial charge in [-0.2, -0.15) is 0 Å². The van der Waals surface area contributed by atoms with Gasteiger partial charge >= 0.3 is 5.97 Å². The Morgan fingerprint density at radius 3 is 1.89 bits per heavy atom. The van der Waals surface area contributed by atoms with Gasteiger partial charge in [0, 0.05) is 19.7 Å². The molecule has 2 aliphatic rings. The molecule has 0 N–H and O–H groups in total. The number of hydrogen-bond acceptors (Lipinski definition) is 6. The normalized spacial score (nSPS) is 19.0. The van der Waals surface area contributed by atoms with E-state index in [0.717, 1.165) is 21.5 Å². The molecule has 4 atom stereocenters. The van der Waals surface area contributed by atoms with Crippen LogP contribution in [0.1, 0.15) is 39.7 Å². The maximum atomic E-state index is 15.1. The number of benzene rings is 4. The molecule has 276 valence electrons. The number of hydrogen-bond donors (Lipinski definition) is 0. The van der Waals surface area contributed by atoms with Crippen LogP contribution < -0.4 is 20.7 Å². The van der Waals surface area contributed by atoms with E-state index < -0.39 is 45.3 Å². The molecule has 6 rings (SSSR count). The molecule has 0 radical (unpaired) electrons. The summed E-state index contributed by atoms with van der Waals surface area (Å²) in [5.41, 5.74) is 1.21. The van der Waals surface area contributed by atoms with Gasteiger partial charge in [-0.1, -0.05) is 143 Å². The summed E-state index contributed by atoms with van der Waals surface area (Å²) >= 11 is 0. The fraction of sp³-hybridized carbons (Fsp3) is 0.318. The first-order chi connectivity index (χ1) is 25.3. The van der Waals surface area contributed by atoms with Crippen LogP contribution in [0.25, 0.3) is 0 Å². The van der Waals surface area contributed by atoms with Crippen molar-refractivity contribution in [1.29, 1.82) is 0 Å². The van der Waals surface area contributed by atoms with E-state index in [1.54, 1.807) is 4.90 Å². The highest BCUT2D eigenvalue weighted by Gasteiger charge is 2.57. The zero-order chi connectivity index (χ0) is 38.0. The number of para-hydroxylation sites is 1. The molecular formula is C44H50NO6PSi. The molecule has 0 unspecified atom stereocenters. The number of β-lactam (4-membered cyclic amide) rings is 1. The van der Waals surface area contributed by atoms with Crippen LogP contribution in [-0.4, -0.2) is 61.2 Å². The third-order valence-corrected chi connectivity index (χ3v) is 19.8. The SMILES string of the molecule is C=CCOC(=O)C(N1C(=O)[C@H]([C@@H](C)O[Si](C)(C)C(C)(C)C)[C@H]1CC(=O)[C@@H]1Cc2ccccc2O1)=P(c1ccccc1)(c1ccccc1)c1ccccc1. The number of carbonyl (C=O) groups is 3. The van der Waals surface area contributed by atoms with E-state index >= 15 is 4.79 Å². The van der Waals surface area contributed by atoms with E-state index in [9.17, 15) is 9.59 Å². The Labute approximate surface area is 315 Å². The van der Waals surface area contributed by atoms with Gasteiger partial charge in [0.05, 0.1) is 18.1 Å². The number of esters is 1. The predicted molar refractivity (Wildman–Crippen MR) is 217 cm³/mol. The second kappa shape index (κ2) is 15.5. The predicted octanol–water partition coefficient (Wildman–Crippen LogP) is 7.04. The van der Waals surface area contributed by atoms with Crippen molar-refractivity contribution in [1.82, 2.24) is 4.90 Å². The van der Waals surface area contributed by atoms with Gasteiger partial charge in [0.25, 0.3) is 0 Å². The summed E-state index contributed by atoms with van der Waals surface area (Å²) in [6.45, 7) is 13.3. The molecule has 0 aromatic heterocycles. The highest BCUT2D eigenvalue weighted by Crippen LogP contribution is 2.51. The van der Waals surface area contributed by atoms with E-state index in [1.807, 2.05) is 122 Å². The summed E-state index contributed by atoms with van der Waals surface area (Å²) < 4.78 is 19.0. The van der Waals surface area contributed by atoms with Crippen molar-refractivity contribution in [3.05, 3.63) is 133 Å². The van der Waals surface area contributed by atoms with Crippen molar-refractivity contribution < 1.29 is 28.3 Å². The minimum absolute atomic E-state index is 0.0170. The second-order valence-electron chi connectivity index (χ2n) is 15.4. The maximum Gasteiger partial charge on any atom is 0.356 e. The van der Waals surface area contributed by atoms with Gasteiger partial charge < -0.3 is 18.8 Å². The van der Waals surface area contributed by atoms with Crippen LogP contribution in [0.3, 0.4) is 0 Å². The zero-order valence-electron chi connectivity index (χ0n) is 31.5. The third kappa shape index (κ3) is 7.25. The Bertz CT molecular complexity index is 1900. The molecule has 1 amide bonds. The zero-order valence-corrected chi connectivity index (χ0v) is 33.4. The number of nitrogens with zero attached hydrogens (tertiary/aromatic N) is 1. The van der Waals surface area contributed by atoms with Crippen LogP contribution in [0.4, 0.5) is 0 Å². The summed E-state index contributed by atoms with van der Waals surface area (Å²) in [5.74, 6) is -0.997. The molecular weight excluding hydrogens is 698 g/mol. The average molecular weight is 748 g/mol. The number of fused-ring (bicyclic) bond motifs is 1. The minimum Gasteiger partial charge on any atom is -0.482 e. The van der Waals surface area contributed by atoms with Crippen molar-refractivity contribution in [2.24, 2.45) is 5.92 Å². The van der Waals surface area contributed by atoms with Gasteiger partial charge in [-0.05, 0) is 52.6 Å². The Morgan fingerprint density at radius 2 is 1.40 bits per heavy atom. The van der Waals surface area contributed by atoms with Gasteiger partial charge in [0.1, 0.15) is 17.8 Å². The van der Waals surface area contributed by atoms with Crippen LogP contribution >= 0.6 is 6.89 Å². The fourth-order valence-electron chi connectivity index (χ4n) is 7.34. The number of amides is 1. The summed E-state index contributed by atoms with van der Waals surface area (Å²) in [4.78, 5) is 46.0. The first-order valence-corrected chi connectivity index (χ1v) is 23.0. The lowest BCUT2D eigenvalue weighted by molar-refractivity contribution is -0.158. The highest BCUT2D eigenvalue weighted by atomic mass is 31.2. The van der Waals surface area contributed by atoms with E-state index in [2.05, 4.69) is 40.4 Å². The van der Waals surface area contributed by atoms with Crippen LogP contribution in [0.2, 0.25) is 18.1 Å². The van der Waals surface area contributed by atoms with E-state index in [4.69, 9.17) is 13.9 Å². The molecule has 0 aliphatic carbocycles. The molecule has 0 saturated carbocycles. The molecule has 0 spiro atoms. The number of carbonyl (C=O) groups excluding carboxylic acids is 3. The highest BCUT2D eigenvalue weighted by molar-refractivity contribution is 7.96. The Balaban J connectivity index is 1.59. The summed E-state index contributed by atoms with van der Waals surface area (Å²) in [6.07, 6.45) is 0.743. The first-order valence-electron chi connectivity index (χ1n) is 18.3. The Hall–Kier alpha value is -4.49. The molecule has 53 heavy (non-hydrogen) atoms. The molecule has 4 aromatic rings. The summed E-state index contributed by atoms with van der Waals surface area (Å²) in [5, 5.41) is 2.53. The molecule has 9 heteroatoms. The molecule has 0 bridgehead atoms. The van der Waals surface area contributed by atoms with Gasteiger partial charge in [0.2, 0.25) is 5.91 Å². The van der Waals surface area contributed by atoms with Crippen molar-refractivity contribution >= 4 is 54.2 Å². The van der Waals surface area contributed by atoms with Crippen molar-refractivity contribution in [3.63, 3.8) is 0 Å². The molecule has 1 saturated heterocycles. The Kier molecular flexibility index (Phi) is 11.2. The smallest absolute Gasteiger partial charge is 0.356 e. The van der Waals surface area contributed by atoms with Crippen molar-refractivity contribution in [2.45, 2.75) is 76.9 Å². The number of Topliss-reactive ketones (excluding diaryl/α,β-unsaturated/α-hetero) is 1. The van der Waals surface area contributed by atoms with E-state index in [-0.39, 0.29) is 35.2 Å². The van der Waals surface area contributed by atoms with Crippen LogP contribution in [0.15, 0.2) is 128 Å². The monoisotopic (exact) mass is 747 g/mol. The largest absolute Gasteiger partial charge is 0.482 e. The quantitative estimate of drug-likeness (QED) is 0.0480. The molecule has 4 aromatic carbocycles. The standard InChI is InChI=1S/C44H50NO6PSi/c1-8-28-49-43(48)42(52(33-21-12-9-13-22-33,34-23-14-10-15-24-34)35-25-16-11-17-26-35)45-36(30-37(46)39-29-32-20-18-19-27-38(32)50-39)40(41(45)47)31(2)51-53(6,7)44(3,4)5/h8-27,31,36,39-40H,1,28-30H2,2-7H3/t31-,36-,39+,40-/m1/s1. The molecule has 2 aliphatic heterocycles. The minimum atomic E-state index is -3.16. The van der Waals surface area contributed by atoms with E-state index in [1.165, 1.54) is 6.08 Å². The van der Waals surface area contributed by atoms with Gasteiger partial charge in [-0.3, -0.25) is 9.59 Å². The first kappa shape index (κ1) is 38.2. The van der Waals surface area contributed by atoms with Crippen LogP contribution in [0, 0.1) is 5.92 Å². The van der Waals surface area contributed by atoms with Crippen molar-refractivity contribution in [3.8, 4) is 5.75 Å². The molecule has 1 fully saturated rings. The topological polar surface area (TPSA) is 82.1 Å². The number of ether oxygens (including phenoxy) is 2. The van der Waals surface area contributed by atoms with Crippen LogP contribution in [-0.2, 0) is 30.0 Å². The van der Waals surface area contributed by atoms with Gasteiger partial charge in [-0.25, -0.2) is 4.79 Å². The van der Waals surface area contributed by atoms with Crippen molar-refractivity contribution in [2.75, 3.05) is 6.61 Å². The van der Waals surface area contributed by atoms with Crippen LogP contribution in [0.5, 0.6) is 5.75 Å². The number of rotatable bonds is 13. The maximum absolute atomic E-state index is 15.1. The van der Waals surface area contributed by atoms with Gasteiger partial charge in [0.15, 0.2) is 20.2 Å². The number of likely N-dealkylation sites (tertiary alicyclic amines) is 1. The summed E-state index contributed by atoms with van der Waals surface area (Å²) in [7, 11) is -2.35. The summed E-state index contributed by atoms with van der Waals surface area (Å²) in [6, 6.07) is 36.6. The third-order valence-electron chi connectivity index (χ3n) is 11.0. The lowest BCUT2D eigenvalue weighted by Crippen LogP contribution is -2.69. The Morgan fingerprint density at radius 1 is 0.887 bits per heavy atom. The van der Waals surface area contributed by atoms with E-state index in [0.29, 0.717) is 12.2 Å². The molecule has 2 heterocycles. The van der Waals surface area contributed by atoms with Gasteiger partial charge in [-0.15, -0.1) is 0 Å². The fourth-order valence-corrected chi connectivity index (χ4v) is 13.2. The lowest BCUT2D eigenvalue weighted by atomic mass is 9.79. The second-order valence-corrected chi connectivity index (χ2v) is 23.4. The average Bonchev–Trinajstić information content (AvgIpc) is 3.59. The lowest BCUT2D eigenvalue weighted by Gasteiger charge is -2.53. The number of ketones is 1. The molecule has 7 nitrogen and oxygen atoms in total.